The van der Waals surface area contributed by atoms with Crippen LogP contribution in [0.3, 0.4) is 0 Å². The van der Waals surface area contributed by atoms with E-state index in [1.165, 1.54) is 12.1 Å². The molecule has 21 heavy (non-hydrogen) atoms. The summed E-state index contributed by atoms with van der Waals surface area (Å²) in [4.78, 5) is 12.1. The molecular weight excluding hydrogens is 295 g/mol. The average Bonchev–Trinajstić information content (AvgIpc) is 2.42. The summed E-state index contributed by atoms with van der Waals surface area (Å²) in [6.45, 7) is -3.19. The van der Waals surface area contributed by atoms with E-state index in [0.717, 1.165) is 12.1 Å². The summed E-state index contributed by atoms with van der Waals surface area (Å²) in [6.07, 6.45) is 0. The lowest BCUT2D eigenvalue weighted by Gasteiger charge is -2.10. The lowest BCUT2D eigenvalue weighted by Crippen LogP contribution is -2.11. The normalized spacial score (nSPS) is 10.8. The first-order valence-electron chi connectivity index (χ1n) is 5.63. The molecule has 0 radical (unpaired) electrons. The lowest BCUT2D eigenvalue weighted by molar-refractivity contribution is -0.0501. The standard InChI is InChI=1S/C14H7F5O2/c15-9-6-11(17)10(16)5-8(9)13(20)7-3-1-2-4-12(7)21-14(18)19/h1-6,14H. The second-order valence-corrected chi connectivity index (χ2v) is 3.95. The maximum absolute atomic E-state index is 13.5. The summed E-state index contributed by atoms with van der Waals surface area (Å²) in [7, 11) is 0. The number of carbonyl (C=O) groups is 1. The quantitative estimate of drug-likeness (QED) is 0.486. The summed E-state index contributed by atoms with van der Waals surface area (Å²) in [5.74, 6) is -5.76. The number of hydrogen-bond acceptors (Lipinski definition) is 2. The van der Waals surface area contributed by atoms with Crippen LogP contribution in [0, 0.1) is 17.5 Å². The topological polar surface area (TPSA) is 26.3 Å². The van der Waals surface area contributed by atoms with Crippen LogP contribution in [0.1, 0.15) is 15.9 Å². The third-order valence-electron chi connectivity index (χ3n) is 2.60. The molecule has 2 aromatic carbocycles. The van der Waals surface area contributed by atoms with E-state index in [4.69, 9.17) is 0 Å². The molecule has 0 amide bonds. The zero-order valence-electron chi connectivity index (χ0n) is 10.2. The van der Waals surface area contributed by atoms with Crippen molar-refractivity contribution in [1.29, 1.82) is 0 Å². The minimum absolute atomic E-state index is 0.207. The van der Waals surface area contributed by atoms with Crippen molar-refractivity contribution in [1.82, 2.24) is 0 Å². The van der Waals surface area contributed by atoms with Gasteiger partial charge in [0.15, 0.2) is 17.4 Å². The molecule has 0 spiro atoms. The van der Waals surface area contributed by atoms with Crippen LogP contribution in [-0.4, -0.2) is 12.4 Å². The van der Waals surface area contributed by atoms with Crippen LogP contribution in [0.15, 0.2) is 36.4 Å². The molecule has 0 aliphatic carbocycles. The highest BCUT2D eigenvalue weighted by atomic mass is 19.3. The van der Waals surface area contributed by atoms with Gasteiger partial charge in [-0.15, -0.1) is 0 Å². The van der Waals surface area contributed by atoms with Crippen molar-refractivity contribution in [3.05, 3.63) is 65.0 Å². The van der Waals surface area contributed by atoms with Gasteiger partial charge in [0.2, 0.25) is 0 Å². The molecular formula is C14H7F5O2. The SMILES string of the molecule is O=C(c1cc(F)c(F)cc1F)c1ccccc1OC(F)F. The molecule has 110 valence electrons. The number of ether oxygens (including phenoxy) is 1. The number of hydrogen-bond donors (Lipinski definition) is 0. The summed E-state index contributed by atoms with van der Waals surface area (Å²) in [6, 6.07) is 5.43. The Hall–Kier alpha value is -2.44. The Morgan fingerprint density at radius 3 is 2.19 bits per heavy atom. The Bertz CT molecular complexity index is 685. The fraction of sp³-hybridized carbons (Fsp3) is 0.0714. The highest BCUT2D eigenvalue weighted by Crippen LogP contribution is 2.25. The van der Waals surface area contributed by atoms with Crippen molar-refractivity contribution in [2.24, 2.45) is 0 Å². The van der Waals surface area contributed by atoms with E-state index in [9.17, 15) is 26.7 Å². The molecule has 0 aliphatic heterocycles. The van der Waals surface area contributed by atoms with Gasteiger partial charge in [0.1, 0.15) is 11.6 Å². The van der Waals surface area contributed by atoms with Crippen molar-refractivity contribution in [3.8, 4) is 5.75 Å². The van der Waals surface area contributed by atoms with Gasteiger partial charge in [-0.05, 0) is 18.2 Å². The first-order valence-corrected chi connectivity index (χ1v) is 5.63. The Morgan fingerprint density at radius 1 is 0.905 bits per heavy atom. The van der Waals surface area contributed by atoms with Gasteiger partial charge in [0, 0.05) is 6.07 Å². The molecule has 2 nitrogen and oxygen atoms in total. The van der Waals surface area contributed by atoms with Crippen LogP contribution in [0.2, 0.25) is 0 Å². The smallest absolute Gasteiger partial charge is 0.387 e. The summed E-state index contributed by atoms with van der Waals surface area (Å²) in [5.41, 5.74) is -1.16. The van der Waals surface area contributed by atoms with E-state index in [-0.39, 0.29) is 11.6 Å². The van der Waals surface area contributed by atoms with Crippen LogP contribution >= 0.6 is 0 Å². The zero-order valence-corrected chi connectivity index (χ0v) is 10.2. The monoisotopic (exact) mass is 302 g/mol. The second-order valence-electron chi connectivity index (χ2n) is 3.95. The van der Waals surface area contributed by atoms with Crippen molar-refractivity contribution < 1.29 is 31.5 Å². The van der Waals surface area contributed by atoms with Gasteiger partial charge in [-0.25, -0.2) is 13.2 Å². The van der Waals surface area contributed by atoms with E-state index in [1.54, 1.807) is 0 Å². The Morgan fingerprint density at radius 2 is 1.52 bits per heavy atom. The molecule has 0 saturated carbocycles. The van der Waals surface area contributed by atoms with Gasteiger partial charge in [-0.3, -0.25) is 4.79 Å². The highest BCUT2D eigenvalue weighted by Gasteiger charge is 2.21. The lowest BCUT2D eigenvalue weighted by atomic mass is 10.0. The largest absolute Gasteiger partial charge is 0.434 e. The minimum atomic E-state index is -3.19. The van der Waals surface area contributed by atoms with Gasteiger partial charge >= 0.3 is 6.61 Å². The predicted octanol–water partition coefficient (Wildman–Crippen LogP) is 3.94. The molecule has 0 heterocycles. The zero-order chi connectivity index (χ0) is 15.6. The number of alkyl halides is 2. The van der Waals surface area contributed by atoms with E-state index >= 15 is 0 Å². The maximum atomic E-state index is 13.5. The predicted molar refractivity (Wildman–Crippen MR) is 62.8 cm³/mol. The van der Waals surface area contributed by atoms with Crippen LogP contribution in [0.25, 0.3) is 0 Å². The molecule has 2 aromatic rings. The summed E-state index contributed by atoms with van der Waals surface area (Å²) in [5, 5.41) is 0. The van der Waals surface area contributed by atoms with Gasteiger partial charge in [-0.2, -0.15) is 8.78 Å². The highest BCUT2D eigenvalue weighted by molar-refractivity contribution is 6.10. The Balaban J connectivity index is 2.48. The van der Waals surface area contributed by atoms with Gasteiger partial charge in [-0.1, -0.05) is 12.1 Å². The minimum Gasteiger partial charge on any atom is -0.434 e. The number of benzene rings is 2. The van der Waals surface area contributed by atoms with E-state index in [0.29, 0.717) is 6.07 Å². The third kappa shape index (κ3) is 3.18. The second kappa shape index (κ2) is 5.90. The van der Waals surface area contributed by atoms with Gasteiger partial charge in [0.25, 0.3) is 0 Å². The fourth-order valence-corrected chi connectivity index (χ4v) is 1.69. The fourth-order valence-electron chi connectivity index (χ4n) is 1.69. The molecule has 0 atom stereocenters. The van der Waals surface area contributed by atoms with Gasteiger partial charge in [0.05, 0.1) is 11.1 Å². The van der Waals surface area contributed by atoms with Crippen LogP contribution < -0.4 is 4.74 Å². The van der Waals surface area contributed by atoms with Gasteiger partial charge < -0.3 is 4.74 Å². The molecule has 7 heteroatoms. The summed E-state index contributed by atoms with van der Waals surface area (Å²) >= 11 is 0. The average molecular weight is 302 g/mol. The van der Waals surface area contributed by atoms with Crippen molar-refractivity contribution in [2.75, 3.05) is 0 Å². The maximum Gasteiger partial charge on any atom is 0.387 e. The number of halogens is 5. The number of carbonyl (C=O) groups excluding carboxylic acids is 1. The number of para-hydroxylation sites is 1. The van der Waals surface area contributed by atoms with E-state index in [1.807, 2.05) is 0 Å². The first-order chi connectivity index (χ1) is 9.90. The Kier molecular flexibility index (Phi) is 4.21. The van der Waals surface area contributed by atoms with Crippen LogP contribution in [0.4, 0.5) is 22.0 Å². The molecule has 0 aromatic heterocycles. The molecule has 0 fully saturated rings. The molecule has 0 N–H and O–H groups in total. The first kappa shape index (κ1) is 15.0. The van der Waals surface area contributed by atoms with Crippen molar-refractivity contribution in [3.63, 3.8) is 0 Å². The number of ketones is 1. The van der Waals surface area contributed by atoms with Crippen molar-refractivity contribution >= 4 is 5.78 Å². The molecule has 0 saturated heterocycles. The molecule has 2 rings (SSSR count). The third-order valence-corrected chi connectivity index (χ3v) is 2.60. The van der Waals surface area contributed by atoms with E-state index < -0.39 is 41.2 Å². The van der Waals surface area contributed by atoms with Crippen LogP contribution in [-0.2, 0) is 0 Å². The molecule has 0 aliphatic rings. The van der Waals surface area contributed by atoms with Crippen LogP contribution in [0.5, 0.6) is 5.75 Å². The number of rotatable bonds is 4. The summed E-state index contributed by atoms with van der Waals surface area (Å²) < 4.78 is 68.1. The molecule has 0 bridgehead atoms. The van der Waals surface area contributed by atoms with Crippen molar-refractivity contribution in [2.45, 2.75) is 6.61 Å². The van der Waals surface area contributed by atoms with E-state index in [2.05, 4.69) is 4.74 Å². The Labute approximate surface area is 115 Å². The molecule has 0 unspecified atom stereocenters.